The van der Waals surface area contributed by atoms with Crippen LogP contribution < -0.4 is 5.32 Å². The normalized spacial score (nSPS) is 12.3. The zero-order valence-electron chi connectivity index (χ0n) is 23.1. The topological polar surface area (TPSA) is 310 Å². The number of aromatic hydroxyl groups is 2. The van der Waals surface area contributed by atoms with Crippen molar-refractivity contribution in [3.63, 3.8) is 0 Å². The van der Waals surface area contributed by atoms with E-state index >= 15 is 0 Å². The summed E-state index contributed by atoms with van der Waals surface area (Å²) in [5.41, 5.74) is -2.62. The summed E-state index contributed by atoms with van der Waals surface area (Å²) in [6, 6.07) is 9.43. The van der Waals surface area contributed by atoms with Gasteiger partial charge in [-0.2, -0.15) is 21.9 Å². The summed E-state index contributed by atoms with van der Waals surface area (Å²) < 4.78 is 72.3. The lowest BCUT2D eigenvalue weighted by atomic mass is 10.1. The second-order valence-electron chi connectivity index (χ2n) is 8.96. The predicted molar refractivity (Wildman–Crippen MR) is 160 cm³/mol. The second kappa shape index (κ2) is 13.7. The second-order valence-corrected chi connectivity index (χ2v) is 12.5. The highest BCUT2D eigenvalue weighted by atomic mass is 32.2. The molecule has 0 spiro atoms. The van der Waals surface area contributed by atoms with Crippen LogP contribution in [-0.4, -0.2) is 52.2 Å². The number of hydrogen-bond donors (Lipinski definition) is 6. The highest BCUT2D eigenvalue weighted by Gasteiger charge is 2.27. The highest BCUT2D eigenvalue weighted by molar-refractivity contribution is 7.94. The van der Waals surface area contributed by atoms with Gasteiger partial charge in [0.05, 0.1) is 32.9 Å². The first-order valence-corrected chi connectivity index (χ1v) is 15.8. The van der Waals surface area contributed by atoms with E-state index in [1.165, 1.54) is 12.1 Å². The average molecular weight is 711 g/mol. The van der Waals surface area contributed by atoms with Gasteiger partial charge in [0.15, 0.2) is 11.5 Å². The summed E-state index contributed by atoms with van der Waals surface area (Å²) in [6.07, 6.45) is 0. The molecule has 23 heteroatoms. The lowest BCUT2D eigenvalue weighted by molar-refractivity contribution is -0.432. The Balaban J connectivity index is 1.98. The summed E-state index contributed by atoms with van der Waals surface area (Å²) in [4.78, 5) is 19.7. The molecule has 47 heavy (non-hydrogen) atoms. The van der Waals surface area contributed by atoms with Crippen molar-refractivity contribution >= 4 is 83.1 Å². The first-order valence-electron chi connectivity index (χ1n) is 12.2. The van der Waals surface area contributed by atoms with Gasteiger partial charge in [-0.15, -0.1) is 19.7 Å². The smallest absolute Gasteiger partial charge is 0.296 e. The van der Waals surface area contributed by atoms with Crippen LogP contribution in [0.4, 0.5) is 34.1 Å². The minimum Gasteiger partial charge on any atom is -0.505 e. The highest BCUT2D eigenvalue weighted by Crippen LogP contribution is 2.51. The Morgan fingerprint density at radius 1 is 0.894 bits per heavy atom. The van der Waals surface area contributed by atoms with Gasteiger partial charge in [0.2, 0.25) is 5.91 Å². The van der Waals surface area contributed by atoms with Crippen molar-refractivity contribution in [3.05, 3.63) is 64.7 Å². The van der Waals surface area contributed by atoms with E-state index in [4.69, 9.17) is 5.26 Å². The van der Waals surface area contributed by atoms with Gasteiger partial charge in [0.25, 0.3) is 25.9 Å². The van der Waals surface area contributed by atoms with Crippen LogP contribution in [-0.2, 0) is 34.4 Å². The van der Waals surface area contributed by atoms with Crippen LogP contribution in [0.15, 0.2) is 89.7 Å². The molecule has 4 aromatic rings. The number of nitrogens with one attached hydrogen (secondary N) is 1. The molecule has 1 amide bonds. The van der Waals surface area contributed by atoms with Crippen molar-refractivity contribution in [1.82, 2.24) is 0 Å². The van der Waals surface area contributed by atoms with E-state index in [-0.39, 0.29) is 33.7 Å². The van der Waals surface area contributed by atoms with Crippen LogP contribution in [0.3, 0.4) is 0 Å². The summed E-state index contributed by atoms with van der Waals surface area (Å²) in [5.74, 6) is -2.62. The van der Waals surface area contributed by atoms with Crippen molar-refractivity contribution in [2.24, 2.45) is 20.5 Å². The van der Waals surface area contributed by atoms with E-state index in [1.54, 1.807) is 0 Å². The van der Waals surface area contributed by atoms with E-state index in [9.17, 15) is 51.1 Å². The maximum absolute atomic E-state index is 12.3. The SMILES string of the molecule is CC(=O)Nc1ccc(S(=O)(=O)O)c(/N=N/c2c(SOOO)cc3cc(S(=O)(=O)O)c(/N=N/c4cccc([N+](=O)[O-])c4)c(O)c3c2O)c1. The van der Waals surface area contributed by atoms with Gasteiger partial charge < -0.3 is 15.5 Å². The Morgan fingerprint density at radius 3 is 2.17 bits per heavy atom. The third kappa shape index (κ3) is 7.99. The van der Waals surface area contributed by atoms with Crippen LogP contribution in [0.25, 0.3) is 10.8 Å². The number of rotatable bonds is 11. The lowest BCUT2D eigenvalue weighted by Gasteiger charge is -2.13. The molecular formula is C24H18N6O14S3. The molecule has 0 fully saturated rings. The molecule has 20 nitrogen and oxygen atoms in total. The third-order valence-electron chi connectivity index (χ3n) is 5.80. The molecule has 0 heterocycles. The molecule has 0 aliphatic heterocycles. The number of carbonyl (C=O) groups is 1. The van der Waals surface area contributed by atoms with Crippen molar-refractivity contribution in [2.45, 2.75) is 21.6 Å². The fourth-order valence-electron chi connectivity index (χ4n) is 3.94. The molecule has 0 saturated carbocycles. The molecule has 4 aromatic carbocycles. The van der Waals surface area contributed by atoms with Gasteiger partial charge in [0.1, 0.15) is 26.9 Å². The number of benzene rings is 4. The molecule has 246 valence electrons. The number of hydrogen-bond acceptors (Lipinski definition) is 17. The number of carbonyl (C=O) groups excluding carboxylic acids is 1. The number of fused-ring (bicyclic) bond motifs is 1. The van der Waals surface area contributed by atoms with Gasteiger partial charge in [-0.3, -0.25) is 24.0 Å². The largest absolute Gasteiger partial charge is 0.505 e. The van der Waals surface area contributed by atoms with Crippen LogP contribution in [0.2, 0.25) is 0 Å². The number of nitro groups is 1. The number of phenols is 2. The van der Waals surface area contributed by atoms with E-state index in [2.05, 4.69) is 35.1 Å². The number of phenolic OH excluding ortho intramolecular Hbond substituents is 2. The monoisotopic (exact) mass is 710 g/mol. The number of nitro benzene ring substituents is 1. The van der Waals surface area contributed by atoms with Gasteiger partial charge in [-0.25, -0.2) is 5.26 Å². The maximum atomic E-state index is 12.3. The third-order valence-corrected chi connectivity index (χ3v) is 8.19. The summed E-state index contributed by atoms with van der Waals surface area (Å²) in [5, 5.41) is 62.0. The van der Waals surface area contributed by atoms with E-state index in [0.29, 0.717) is 0 Å². The Labute approximate surface area is 266 Å². The Kier molecular flexibility index (Phi) is 10.1. The zero-order chi connectivity index (χ0) is 34.7. The molecule has 0 unspecified atom stereocenters. The molecular weight excluding hydrogens is 692 g/mol. The van der Waals surface area contributed by atoms with Crippen molar-refractivity contribution in [3.8, 4) is 11.5 Å². The number of azo groups is 2. The molecule has 0 aliphatic rings. The van der Waals surface area contributed by atoms with Crippen LogP contribution in [0, 0.1) is 10.1 Å². The van der Waals surface area contributed by atoms with Crippen LogP contribution in [0.1, 0.15) is 6.92 Å². The molecule has 0 aromatic heterocycles. The Hall–Kier alpha value is -5.14. The van der Waals surface area contributed by atoms with E-state index in [1.807, 2.05) is 0 Å². The number of non-ortho nitro benzene ring substituents is 1. The number of nitrogens with zero attached hydrogens (tertiary/aromatic N) is 5. The summed E-state index contributed by atoms with van der Waals surface area (Å²) in [7, 11) is -10.1. The molecule has 0 saturated heterocycles. The van der Waals surface area contributed by atoms with Crippen molar-refractivity contribution < 1.29 is 60.5 Å². The minimum absolute atomic E-state index is 0.0299. The fraction of sp³-hybridized carbons (Fsp3) is 0.0417. The summed E-state index contributed by atoms with van der Waals surface area (Å²) >= 11 is 0.166. The quantitative estimate of drug-likeness (QED) is 0.0265. The first-order chi connectivity index (χ1) is 22.0. The number of amides is 1. The molecule has 0 aliphatic carbocycles. The van der Waals surface area contributed by atoms with Gasteiger partial charge >= 0.3 is 0 Å². The van der Waals surface area contributed by atoms with Crippen LogP contribution >= 0.6 is 12.0 Å². The van der Waals surface area contributed by atoms with Crippen molar-refractivity contribution in [1.29, 1.82) is 0 Å². The molecule has 0 radical (unpaired) electrons. The standard InChI is InChI=1S/C24H18N6O14S3/c1-11(31)25-13-5-6-18(46(37,38)39)16(10-13)27-28-21-17(45-44-43-36)7-12-8-19(47(40,41)42)22(24(33)20(12)23(21)32)29-26-14-3-2-4-15(9-14)30(34)35/h2-10,32-33,36H,1H3,(H,25,31)(H,37,38,39)(H,40,41,42)/b28-27+,29-26+. The van der Waals surface area contributed by atoms with Gasteiger partial charge in [0, 0.05) is 24.7 Å². The zero-order valence-corrected chi connectivity index (χ0v) is 25.5. The lowest BCUT2D eigenvalue weighted by Crippen LogP contribution is -2.06. The minimum atomic E-state index is -5.16. The molecule has 6 N–H and O–H groups in total. The van der Waals surface area contributed by atoms with Crippen molar-refractivity contribution in [2.75, 3.05) is 5.32 Å². The average Bonchev–Trinajstić information content (AvgIpc) is 2.97. The van der Waals surface area contributed by atoms with Crippen LogP contribution in [0.5, 0.6) is 11.5 Å². The van der Waals surface area contributed by atoms with E-state index < -0.39 is 80.5 Å². The number of anilines is 1. The fourth-order valence-corrected chi connectivity index (χ4v) is 5.70. The molecule has 0 bridgehead atoms. The Morgan fingerprint density at radius 2 is 1.55 bits per heavy atom. The maximum Gasteiger partial charge on any atom is 0.296 e. The summed E-state index contributed by atoms with van der Waals surface area (Å²) in [6.45, 7) is 1.16. The molecule has 4 rings (SSSR count). The first kappa shape index (κ1) is 34.7. The Bertz CT molecular complexity index is 2210. The predicted octanol–water partition coefficient (Wildman–Crippen LogP) is 5.87. The van der Waals surface area contributed by atoms with E-state index in [0.717, 1.165) is 49.4 Å². The van der Waals surface area contributed by atoms with Gasteiger partial charge in [-0.05, 0) is 41.8 Å². The van der Waals surface area contributed by atoms with Gasteiger partial charge in [-0.1, -0.05) is 11.1 Å². The molecule has 0 atom stereocenters.